The molecule has 0 saturated carbocycles. The molecule has 28 heavy (non-hydrogen) atoms. The maximum atomic E-state index is 12.4. The maximum absolute atomic E-state index is 12.4. The minimum absolute atomic E-state index is 0.0682. The van der Waals surface area contributed by atoms with Crippen LogP contribution in [0.2, 0.25) is 0 Å². The van der Waals surface area contributed by atoms with Crippen LogP contribution in [0.4, 0.5) is 0 Å². The number of ether oxygens (including phenoxy) is 2. The standard InChI is InChI=1S/C21H24N2O5/c1-4-6-16-19-12(7-8-28-16)17-14(15(10-22)21(26)27-5-2)9-13(20(24)25)11(3)18(17)23-19/h9,15-16,23H,4-8H2,1-3H3,(H,24,25). The first-order chi connectivity index (χ1) is 13.4. The number of carboxylic acids is 1. The molecule has 0 radical (unpaired) electrons. The number of carboxylic acid groups (broad SMARTS) is 1. The lowest BCUT2D eigenvalue weighted by molar-refractivity contribution is -0.143. The molecule has 148 valence electrons. The maximum Gasteiger partial charge on any atom is 0.336 e. The highest BCUT2D eigenvalue weighted by Crippen LogP contribution is 2.40. The molecule has 1 aromatic heterocycles. The molecule has 0 bridgehead atoms. The molecular formula is C21H24N2O5. The van der Waals surface area contributed by atoms with Gasteiger partial charge in [-0.3, -0.25) is 4.79 Å². The van der Waals surface area contributed by atoms with Crippen LogP contribution >= 0.6 is 0 Å². The highest BCUT2D eigenvalue weighted by atomic mass is 16.5. The lowest BCUT2D eigenvalue weighted by atomic mass is 9.88. The van der Waals surface area contributed by atoms with Crippen LogP contribution in [0.1, 0.15) is 71.5 Å². The Kier molecular flexibility index (Phi) is 5.71. The van der Waals surface area contributed by atoms with E-state index in [0.717, 1.165) is 29.5 Å². The Morgan fingerprint density at radius 2 is 2.21 bits per heavy atom. The lowest BCUT2D eigenvalue weighted by Crippen LogP contribution is -2.18. The molecule has 2 unspecified atom stereocenters. The van der Waals surface area contributed by atoms with Crippen LogP contribution < -0.4 is 0 Å². The van der Waals surface area contributed by atoms with Crippen LogP contribution in [0, 0.1) is 18.3 Å². The highest BCUT2D eigenvalue weighted by Gasteiger charge is 2.32. The predicted octanol–water partition coefficient (Wildman–Crippen LogP) is 3.76. The van der Waals surface area contributed by atoms with Crippen LogP contribution in [-0.4, -0.2) is 35.2 Å². The first-order valence-electron chi connectivity index (χ1n) is 9.53. The Morgan fingerprint density at radius 1 is 1.46 bits per heavy atom. The van der Waals surface area contributed by atoms with Gasteiger partial charge in [-0.25, -0.2) is 4.79 Å². The van der Waals surface area contributed by atoms with Gasteiger partial charge in [0.15, 0.2) is 5.92 Å². The summed E-state index contributed by atoms with van der Waals surface area (Å²) in [6.07, 6.45) is 2.30. The fourth-order valence-electron chi connectivity index (χ4n) is 3.96. The molecule has 3 rings (SSSR count). The third-order valence-corrected chi connectivity index (χ3v) is 5.24. The number of esters is 1. The van der Waals surface area contributed by atoms with E-state index in [2.05, 4.69) is 11.9 Å². The fourth-order valence-corrected chi connectivity index (χ4v) is 3.96. The molecule has 0 fully saturated rings. The monoisotopic (exact) mass is 384 g/mol. The molecule has 2 N–H and O–H groups in total. The lowest BCUT2D eigenvalue weighted by Gasteiger charge is -2.23. The summed E-state index contributed by atoms with van der Waals surface area (Å²) in [6.45, 7) is 6.17. The summed E-state index contributed by atoms with van der Waals surface area (Å²) in [4.78, 5) is 27.6. The van der Waals surface area contributed by atoms with Gasteiger partial charge >= 0.3 is 11.9 Å². The van der Waals surface area contributed by atoms with Gasteiger partial charge in [-0.05, 0) is 49.4 Å². The van der Waals surface area contributed by atoms with Crippen LogP contribution in [-0.2, 0) is 20.7 Å². The number of hydrogen-bond donors (Lipinski definition) is 2. The number of hydrogen-bond acceptors (Lipinski definition) is 5. The van der Waals surface area contributed by atoms with E-state index < -0.39 is 17.9 Å². The molecule has 0 amide bonds. The summed E-state index contributed by atoms with van der Waals surface area (Å²) in [5.74, 6) is -2.96. The number of H-pyrrole nitrogens is 1. The number of aryl methyl sites for hydroxylation is 1. The van der Waals surface area contributed by atoms with Crippen LogP contribution in [0.25, 0.3) is 10.9 Å². The molecule has 1 aliphatic rings. The minimum Gasteiger partial charge on any atom is -0.478 e. The van der Waals surface area contributed by atoms with Crippen molar-refractivity contribution in [1.29, 1.82) is 5.26 Å². The Morgan fingerprint density at radius 3 is 2.82 bits per heavy atom. The first-order valence-corrected chi connectivity index (χ1v) is 9.53. The Hall–Kier alpha value is -2.85. The zero-order valence-corrected chi connectivity index (χ0v) is 16.3. The first kappa shape index (κ1) is 19.9. The number of aromatic carboxylic acids is 1. The van der Waals surface area contributed by atoms with Crippen molar-refractivity contribution in [1.82, 2.24) is 4.98 Å². The van der Waals surface area contributed by atoms with Crippen molar-refractivity contribution in [2.24, 2.45) is 0 Å². The van der Waals surface area contributed by atoms with Crippen molar-refractivity contribution < 1.29 is 24.2 Å². The van der Waals surface area contributed by atoms with Gasteiger partial charge in [0.1, 0.15) is 0 Å². The normalized spacial score (nSPS) is 17.0. The van der Waals surface area contributed by atoms with E-state index in [1.54, 1.807) is 13.8 Å². The summed E-state index contributed by atoms with van der Waals surface area (Å²) in [5.41, 5.74) is 3.59. The Labute approximate surface area is 163 Å². The molecule has 0 spiro atoms. The largest absolute Gasteiger partial charge is 0.478 e. The summed E-state index contributed by atoms with van der Waals surface area (Å²) in [5, 5.41) is 20.1. The number of benzene rings is 1. The Bertz CT molecular complexity index is 970. The number of nitrogens with zero attached hydrogens (tertiary/aromatic N) is 1. The van der Waals surface area contributed by atoms with Crippen molar-refractivity contribution in [3.05, 3.63) is 34.0 Å². The topological polar surface area (TPSA) is 112 Å². The zero-order valence-electron chi connectivity index (χ0n) is 16.3. The number of fused-ring (bicyclic) bond motifs is 3. The molecule has 2 heterocycles. The van der Waals surface area contributed by atoms with Gasteiger partial charge in [-0.1, -0.05) is 13.3 Å². The van der Waals surface area contributed by atoms with Crippen LogP contribution in [0.15, 0.2) is 6.07 Å². The molecular weight excluding hydrogens is 360 g/mol. The minimum atomic E-state index is -1.19. The van der Waals surface area contributed by atoms with Crippen molar-refractivity contribution in [2.75, 3.05) is 13.2 Å². The number of carbonyl (C=O) groups is 2. The van der Waals surface area contributed by atoms with Crippen molar-refractivity contribution in [3.63, 3.8) is 0 Å². The highest BCUT2D eigenvalue weighted by molar-refractivity contribution is 6.02. The van der Waals surface area contributed by atoms with Gasteiger partial charge in [0.05, 0.1) is 36.5 Å². The average Bonchev–Trinajstić information content (AvgIpc) is 3.06. The van der Waals surface area contributed by atoms with E-state index in [9.17, 15) is 20.0 Å². The average molecular weight is 384 g/mol. The number of nitrogens with one attached hydrogen (secondary N) is 1. The predicted molar refractivity (Wildman–Crippen MR) is 102 cm³/mol. The molecule has 2 aromatic rings. The summed E-state index contributed by atoms with van der Waals surface area (Å²) in [6, 6.07) is 3.45. The van der Waals surface area contributed by atoms with E-state index in [-0.39, 0.29) is 18.3 Å². The molecule has 2 atom stereocenters. The molecule has 0 aliphatic carbocycles. The van der Waals surface area contributed by atoms with Crippen LogP contribution in [0.3, 0.4) is 0 Å². The van der Waals surface area contributed by atoms with Crippen LogP contribution in [0.5, 0.6) is 0 Å². The third-order valence-electron chi connectivity index (χ3n) is 5.24. The van der Waals surface area contributed by atoms with E-state index in [1.165, 1.54) is 6.07 Å². The summed E-state index contributed by atoms with van der Waals surface area (Å²) >= 11 is 0. The van der Waals surface area contributed by atoms with Crippen molar-refractivity contribution >= 4 is 22.8 Å². The second kappa shape index (κ2) is 8.03. The molecule has 0 saturated heterocycles. The third kappa shape index (κ3) is 3.25. The van der Waals surface area contributed by atoms with Gasteiger partial charge < -0.3 is 19.6 Å². The van der Waals surface area contributed by atoms with Gasteiger partial charge in [0, 0.05) is 11.1 Å². The number of carbonyl (C=O) groups excluding carboxylic acids is 1. The van der Waals surface area contributed by atoms with E-state index in [1.807, 2.05) is 6.07 Å². The van der Waals surface area contributed by atoms with E-state index in [0.29, 0.717) is 29.7 Å². The second-order valence-electron chi connectivity index (χ2n) is 6.92. The van der Waals surface area contributed by atoms with Gasteiger partial charge in [0.25, 0.3) is 0 Å². The van der Waals surface area contributed by atoms with Gasteiger partial charge in [-0.2, -0.15) is 5.26 Å². The van der Waals surface area contributed by atoms with E-state index in [4.69, 9.17) is 9.47 Å². The fraction of sp³-hybridized carbons (Fsp3) is 0.476. The quantitative estimate of drug-likeness (QED) is 0.733. The molecule has 1 aromatic carbocycles. The van der Waals surface area contributed by atoms with Gasteiger partial charge in [-0.15, -0.1) is 0 Å². The van der Waals surface area contributed by atoms with E-state index >= 15 is 0 Å². The zero-order chi connectivity index (χ0) is 20.4. The van der Waals surface area contributed by atoms with Crippen molar-refractivity contribution in [2.45, 2.75) is 52.1 Å². The SMILES string of the molecule is CCCC1OCCc2c1[nH]c1c(C)c(C(=O)O)cc(C(C#N)C(=O)OCC)c21. The number of nitriles is 1. The summed E-state index contributed by atoms with van der Waals surface area (Å²) in [7, 11) is 0. The molecule has 7 nitrogen and oxygen atoms in total. The smallest absolute Gasteiger partial charge is 0.336 e. The second-order valence-corrected chi connectivity index (χ2v) is 6.92. The Balaban J connectivity index is 2.33. The van der Waals surface area contributed by atoms with Gasteiger partial charge in [0.2, 0.25) is 0 Å². The molecule has 1 aliphatic heterocycles. The summed E-state index contributed by atoms with van der Waals surface area (Å²) < 4.78 is 11.0. The molecule has 7 heteroatoms. The van der Waals surface area contributed by atoms with Crippen molar-refractivity contribution in [3.8, 4) is 6.07 Å². The number of aromatic nitrogens is 1. The number of rotatable bonds is 6. The number of aromatic amines is 1.